The highest BCUT2D eigenvalue weighted by molar-refractivity contribution is 5.84. The molecule has 2 aromatic rings. The van der Waals surface area contributed by atoms with Gasteiger partial charge in [0.2, 0.25) is 11.8 Å². The van der Waals surface area contributed by atoms with Gasteiger partial charge in [0.15, 0.2) is 0 Å². The molecule has 1 aliphatic rings. The summed E-state index contributed by atoms with van der Waals surface area (Å²) in [6, 6.07) is 11.4. The highest BCUT2D eigenvalue weighted by atomic mass is 19.1. The maximum absolute atomic E-state index is 13.1. The molecule has 0 saturated carbocycles. The number of benzene rings is 2. The fourth-order valence-electron chi connectivity index (χ4n) is 3.85. The molecule has 0 spiro atoms. The average molecular weight is 430 g/mol. The second-order valence-corrected chi connectivity index (χ2v) is 7.40. The molecule has 2 amide bonds. The van der Waals surface area contributed by atoms with Crippen LogP contribution in [-0.4, -0.2) is 57.7 Å². The van der Waals surface area contributed by atoms with Crippen LogP contribution >= 0.6 is 0 Å². The summed E-state index contributed by atoms with van der Waals surface area (Å²) >= 11 is 0. The van der Waals surface area contributed by atoms with Gasteiger partial charge in [-0.15, -0.1) is 0 Å². The highest BCUT2D eigenvalue weighted by Crippen LogP contribution is 2.39. The summed E-state index contributed by atoms with van der Waals surface area (Å²) in [7, 11) is 4.59. The number of halogens is 1. The number of nitrogens with zero attached hydrogens (tertiary/aromatic N) is 1. The lowest BCUT2D eigenvalue weighted by atomic mass is 9.87. The maximum Gasteiger partial charge on any atom is 0.248 e. The number of carbonyl (C=O) groups excluding carboxylic acids is 2. The molecule has 0 unspecified atom stereocenters. The number of amides is 2. The van der Waals surface area contributed by atoms with E-state index >= 15 is 0 Å². The number of nitrogens with one attached hydrogen (secondary N) is 1. The van der Waals surface area contributed by atoms with Crippen LogP contribution < -0.4 is 14.8 Å². The minimum absolute atomic E-state index is 0.0453. The van der Waals surface area contributed by atoms with Crippen molar-refractivity contribution < 1.29 is 28.2 Å². The van der Waals surface area contributed by atoms with Crippen molar-refractivity contribution in [3.63, 3.8) is 0 Å². The molecule has 31 heavy (non-hydrogen) atoms. The van der Waals surface area contributed by atoms with Gasteiger partial charge < -0.3 is 24.4 Å². The Labute approximate surface area is 181 Å². The summed E-state index contributed by atoms with van der Waals surface area (Å²) in [5.41, 5.74) is 1.62. The van der Waals surface area contributed by atoms with Crippen LogP contribution in [0.15, 0.2) is 42.5 Å². The molecule has 8 heteroatoms. The van der Waals surface area contributed by atoms with E-state index in [4.69, 9.17) is 14.2 Å². The minimum atomic E-state index is -0.469. The largest absolute Gasteiger partial charge is 0.497 e. The number of likely N-dealkylation sites (tertiary alicyclic amines) is 1. The smallest absolute Gasteiger partial charge is 0.248 e. The molecule has 166 valence electrons. The molecule has 1 aliphatic heterocycles. The van der Waals surface area contributed by atoms with Crippen LogP contribution in [0.5, 0.6) is 11.5 Å². The fourth-order valence-corrected chi connectivity index (χ4v) is 3.85. The Morgan fingerprint density at radius 3 is 2.45 bits per heavy atom. The number of ether oxygens (including phenoxy) is 3. The van der Waals surface area contributed by atoms with Crippen molar-refractivity contribution in [3.05, 3.63) is 59.4 Å². The number of rotatable bonds is 8. The predicted octanol–water partition coefficient (Wildman–Crippen LogP) is 2.35. The lowest BCUT2D eigenvalue weighted by molar-refractivity contribution is -0.134. The van der Waals surface area contributed by atoms with E-state index in [0.29, 0.717) is 18.0 Å². The molecule has 0 aromatic heterocycles. The molecule has 3 rings (SSSR count). The molecule has 0 radical (unpaired) electrons. The Kier molecular flexibility index (Phi) is 7.46. The monoisotopic (exact) mass is 430 g/mol. The highest BCUT2D eigenvalue weighted by Gasteiger charge is 2.41. The van der Waals surface area contributed by atoms with E-state index in [1.54, 1.807) is 37.3 Å². The number of hydrogen-bond acceptors (Lipinski definition) is 5. The second-order valence-electron chi connectivity index (χ2n) is 7.40. The van der Waals surface area contributed by atoms with Crippen molar-refractivity contribution in [1.82, 2.24) is 10.2 Å². The minimum Gasteiger partial charge on any atom is -0.497 e. The normalized spacial score (nSPS) is 18.0. The average Bonchev–Trinajstić information content (AvgIpc) is 3.23. The van der Waals surface area contributed by atoms with Crippen molar-refractivity contribution >= 4 is 11.8 Å². The summed E-state index contributed by atoms with van der Waals surface area (Å²) < 4.78 is 28.9. The zero-order valence-electron chi connectivity index (χ0n) is 17.9. The molecule has 1 fully saturated rings. The molecular weight excluding hydrogens is 403 g/mol. The van der Waals surface area contributed by atoms with Crippen molar-refractivity contribution in [1.29, 1.82) is 0 Å². The van der Waals surface area contributed by atoms with Crippen LogP contribution in [0.1, 0.15) is 17.0 Å². The molecule has 1 saturated heterocycles. The summed E-state index contributed by atoms with van der Waals surface area (Å²) in [6.07, 6.45) is 0. The van der Waals surface area contributed by atoms with Gasteiger partial charge in [0.25, 0.3) is 0 Å². The van der Waals surface area contributed by atoms with Crippen LogP contribution in [0.3, 0.4) is 0 Å². The third kappa shape index (κ3) is 5.32. The van der Waals surface area contributed by atoms with Gasteiger partial charge in [-0.05, 0) is 23.8 Å². The Bertz CT molecular complexity index is 919. The van der Waals surface area contributed by atoms with Crippen molar-refractivity contribution in [2.24, 2.45) is 5.92 Å². The van der Waals surface area contributed by atoms with Crippen LogP contribution in [0, 0.1) is 11.7 Å². The Hall–Kier alpha value is -3.13. The third-order valence-electron chi connectivity index (χ3n) is 5.50. The zero-order valence-corrected chi connectivity index (χ0v) is 17.9. The van der Waals surface area contributed by atoms with Gasteiger partial charge in [-0.1, -0.05) is 18.2 Å². The Morgan fingerprint density at radius 1 is 1.06 bits per heavy atom. The maximum atomic E-state index is 13.1. The first-order chi connectivity index (χ1) is 15.0. The van der Waals surface area contributed by atoms with Crippen molar-refractivity contribution in [2.75, 3.05) is 41.0 Å². The summed E-state index contributed by atoms with van der Waals surface area (Å²) in [4.78, 5) is 27.2. The van der Waals surface area contributed by atoms with Crippen LogP contribution in [0.2, 0.25) is 0 Å². The first-order valence-corrected chi connectivity index (χ1v) is 9.97. The first kappa shape index (κ1) is 22.6. The lowest BCUT2D eigenvalue weighted by Gasteiger charge is -2.21. The molecule has 0 bridgehead atoms. The molecular formula is C23H27FN2O5. The third-order valence-corrected chi connectivity index (χ3v) is 5.50. The van der Waals surface area contributed by atoms with Crippen LogP contribution in [0.4, 0.5) is 4.39 Å². The molecule has 1 N–H and O–H groups in total. The molecule has 2 atom stereocenters. The van der Waals surface area contributed by atoms with Gasteiger partial charge in [0, 0.05) is 44.3 Å². The fraction of sp³-hybridized carbons (Fsp3) is 0.391. The van der Waals surface area contributed by atoms with Crippen LogP contribution in [-0.2, 0) is 20.9 Å². The SMILES string of the molecule is COCC(=O)N1C[C@H](C(=O)NCc2ccc(F)cc2)[C@H](c2ccc(OC)cc2OC)C1. The summed E-state index contributed by atoms with van der Waals surface area (Å²) in [5, 5.41) is 2.92. The second kappa shape index (κ2) is 10.3. The standard InChI is InChI=1S/C23H27FN2O5/c1-29-14-22(27)26-12-19(18-9-8-17(30-2)10-21(18)31-3)20(13-26)23(28)25-11-15-4-6-16(24)7-5-15/h4-10,19-20H,11-14H2,1-3H3,(H,25,28)/t19-,20-/m0/s1. The van der Waals surface area contributed by atoms with Crippen LogP contribution in [0.25, 0.3) is 0 Å². The predicted molar refractivity (Wildman–Crippen MR) is 112 cm³/mol. The van der Waals surface area contributed by atoms with Crippen molar-refractivity contribution in [3.8, 4) is 11.5 Å². The van der Waals surface area contributed by atoms with Gasteiger partial charge in [-0.25, -0.2) is 4.39 Å². The van der Waals surface area contributed by atoms with E-state index in [1.165, 1.54) is 19.2 Å². The van der Waals surface area contributed by atoms with E-state index in [-0.39, 0.29) is 43.2 Å². The van der Waals surface area contributed by atoms with E-state index < -0.39 is 5.92 Å². The van der Waals surface area contributed by atoms with Gasteiger partial charge in [0.1, 0.15) is 23.9 Å². The first-order valence-electron chi connectivity index (χ1n) is 9.97. The van der Waals surface area contributed by atoms with Gasteiger partial charge in [-0.2, -0.15) is 0 Å². The molecule has 7 nitrogen and oxygen atoms in total. The Balaban J connectivity index is 1.82. The van der Waals surface area contributed by atoms with E-state index in [0.717, 1.165) is 11.1 Å². The lowest BCUT2D eigenvalue weighted by Crippen LogP contribution is -2.36. The number of hydrogen-bond donors (Lipinski definition) is 1. The summed E-state index contributed by atoms with van der Waals surface area (Å²) in [5.74, 6) is -0.165. The zero-order chi connectivity index (χ0) is 22.4. The molecule has 0 aliphatic carbocycles. The molecule has 2 aromatic carbocycles. The van der Waals surface area contributed by atoms with Gasteiger partial charge >= 0.3 is 0 Å². The summed E-state index contributed by atoms with van der Waals surface area (Å²) in [6.45, 7) is 0.876. The molecule has 1 heterocycles. The number of carbonyl (C=O) groups is 2. The van der Waals surface area contributed by atoms with E-state index in [9.17, 15) is 14.0 Å². The quantitative estimate of drug-likeness (QED) is 0.696. The van der Waals surface area contributed by atoms with E-state index in [2.05, 4.69) is 5.32 Å². The van der Waals surface area contributed by atoms with E-state index in [1.807, 2.05) is 12.1 Å². The topological polar surface area (TPSA) is 77.1 Å². The van der Waals surface area contributed by atoms with Gasteiger partial charge in [-0.3, -0.25) is 9.59 Å². The van der Waals surface area contributed by atoms with Gasteiger partial charge in [0.05, 0.1) is 20.1 Å². The number of methoxy groups -OCH3 is 3. The van der Waals surface area contributed by atoms with Crippen molar-refractivity contribution in [2.45, 2.75) is 12.5 Å². The Morgan fingerprint density at radius 2 is 1.81 bits per heavy atom.